The van der Waals surface area contributed by atoms with Crippen LogP contribution in [0.15, 0.2) is 100 Å². The molecule has 0 radical (unpaired) electrons. The number of nitrogens with zero attached hydrogens (tertiary/aromatic N) is 4. The molecule has 36 heavy (non-hydrogen) atoms. The van der Waals surface area contributed by atoms with E-state index in [0.29, 0.717) is 16.9 Å². The van der Waals surface area contributed by atoms with Gasteiger partial charge in [0.05, 0.1) is 16.7 Å². The molecule has 0 unspecified atom stereocenters. The van der Waals surface area contributed by atoms with Crippen LogP contribution in [0.25, 0.3) is 11.8 Å². The van der Waals surface area contributed by atoms with Gasteiger partial charge in [-0.25, -0.2) is 9.38 Å². The van der Waals surface area contributed by atoms with E-state index in [-0.39, 0.29) is 22.3 Å². The predicted molar refractivity (Wildman–Crippen MR) is 130 cm³/mol. The predicted octanol–water partition coefficient (Wildman–Crippen LogP) is 3.52. The minimum Gasteiger partial charge on any atom is -0.539 e. The Kier molecular flexibility index (Phi) is 6.42. The number of rotatable bonds is 6. The van der Waals surface area contributed by atoms with Crippen molar-refractivity contribution < 1.29 is 28.3 Å². The Morgan fingerprint density at radius 3 is 2.39 bits per heavy atom. The first-order valence-corrected chi connectivity index (χ1v) is 11.8. The molecule has 0 saturated carbocycles. The van der Waals surface area contributed by atoms with E-state index in [2.05, 4.69) is 10.3 Å². The lowest BCUT2D eigenvalue weighted by molar-refractivity contribution is -0.672. The SMILES string of the molecule is O=C(CSC1=N/C(=C/c2ccc(F)cc2)C(=O)N1c1ccccc1)c1c([O-])on[n+]1-c1ccccc1. The lowest BCUT2D eigenvalue weighted by atomic mass is 10.2. The number of halogens is 1. The number of ketones is 1. The van der Waals surface area contributed by atoms with Crippen molar-refractivity contribution in [3.05, 3.63) is 108 Å². The molecule has 10 heteroatoms. The van der Waals surface area contributed by atoms with Crippen LogP contribution >= 0.6 is 11.8 Å². The Bertz CT molecular complexity index is 1490. The normalized spacial score (nSPS) is 14.4. The highest BCUT2D eigenvalue weighted by Gasteiger charge is 2.34. The van der Waals surface area contributed by atoms with Gasteiger partial charge in [0, 0.05) is 12.1 Å². The maximum Gasteiger partial charge on any atom is 0.307 e. The molecule has 8 nitrogen and oxygen atoms in total. The fraction of sp³-hybridized carbons (Fsp3) is 0.0385. The summed E-state index contributed by atoms with van der Waals surface area (Å²) in [5.74, 6) is -2.37. The van der Waals surface area contributed by atoms with E-state index >= 15 is 0 Å². The molecule has 1 aliphatic heterocycles. The Morgan fingerprint density at radius 2 is 1.69 bits per heavy atom. The van der Waals surface area contributed by atoms with E-state index in [1.165, 1.54) is 29.2 Å². The minimum atomic E-state index is -0.856. The van der Waals surface area contributed by atoms with Crippen LogP contribution in [-0.4, -0.2) is 27.9 Å². The van der Waals surface area contributed by atoms with Crippen molar-refractivity contribution in [2.45, 2.75) is 0 Å². The molecular weight excluding hydrogens is 483 g/mol. The summed E-state index contributed by atoms with van der Waals surface area (Å²) in [7, 11) is 0. The van der Waals surface area contributed by atoms with Gasteiger partial charge in [0.15, 0.2) is 11.1 Å². The number of hydrogen-bond donors (Lipinski definition) is 0. The standard InChI is InChI=1S/C26H17FN4O4S/c27-18-13-11-17(12-14-18)15-21-24(33)30(19-7-3-1-4-8-19)26(28-21)36-16-22(32)23-25(34)35-29-31(23)20-9-5-2-6-10-20/h1-15H,16H2/b21-15+. The molecule has 3 aromatic carbocycles. The van der Waals surface area contributed by atoms with E-state index in [4.69, 9.17) is 4.52 Å². The Hall–Kier alpha value is -4.57. The highest BCUT2D eigenvalue weighted by Crippen LogP contribution is 2.30. The number of Topliss-reactive ketones (excluding diaryl/α,β-unsaturated/α-hetero) is 1. The summed E-state index contributed by atoms with van der Waals surface area (Å²) in [5, 5.41) is 16.2. The fourth-order valence-electron chi connectivity index (χ4n) is 3.54. The topological polar surface area (TPSA) is 103 Å². The summed E-state index contributed by atoms with van der Waals surface area (Å²) >= 11 is 1.01. The maximum absolute atomic E-state index is 13.3. The van der Waals surface area contributed by atoms with Gasteiger partial charge in [0.2, 0.25) is 11.5 Å². The van der Waals surface area contributed by atoms with Crippen LogP contribution in [0.3, 0.4) is 0 Å². The summed E-state index contributed by atoms with van der Waals surface area (Å²) in [6.07, 6.45) is 1.55. The number of benzene rings is 3. The van der Waals surface area contributed by atoms with Gasteiger partial charge in [-0.2, -0.15) is 0 Å². The van der Waals surface area contributed by atoms with Gasteiger partial charge in [-0.15, -0.1) is 0 Å². The van der Waals surface area contributed by atoms with Crippen molar-refractivity contribution >= 4 is 40.4 Å². The van der Waals surface area contributed by atoms with Crippen LogP contribution in [0.4, 0.5) is 10.1 Å². The Labute approximate surface area is 209 Å². The average Bonchev–Trinajstić information content (AvgIpc) is 3.44. The first kappa shape index (κ1) is 23.2. The lowest BCUT2D eigenvalue weighted by Gasteiger charge is -2.17. The number of amidine groups is 1. The van der Waals surface area contributed by atoms with Crippen molar-refractivity contribution in [3.63, 3.8) is 0 Å². The number of aliphatic imine (C=N–C) groups is 1. The van der Waals surface area contributed by atoms with Gasteiger partial charge in [0.1, 0.15) is 11.5 Å². The molecule has 2 heterocycles. The highest BCUT2D eigenvalue weighted by atomic mass is 32.2. The van der Waals surface area contributed by atoms with Gasteiger partial charge in [-0.3, -0.25) is 14.5 Å². The van der Waals surface area contributed by atoms with Crippen LogP contribution in [0, 0.1) is 5.82 Å². The first-order valence-electron chi connectivity index (χ1n) is 10.8. The smallest absolute Gasteiger partial charge is 0.307 e. The molecule has 0 bridgehead atoms. The summed E-state index contributed by atoms with van der Waals surface area (Å²) in [6, 6.07) is 23.2. The zero-order valence-corrected chi connectivity index (χ0v) is 19.4. The van der Waals surface area contributed by atoms with Crippen molar-refractivity contribution in [1.29, 1.82) is 0 Å². The third-order valence-corrected chi connectivity index (χ3v) is 6.16. The van der Waals surface area contributed by atoms with Crippen molar-refractivity contribution in [3.8, 4) is 11.6 Å². The summed E-state index contributed by atoms with van der Waals surface area (Å²) in [5.41, 5.74) is 1.57. The molecule has 1 aromatic heterocycles. The second kappa shape index (κ2) is 9.96. The minimum absolute atomic E-state index is 0.134. The molecule has 0 atom stereocenters. The third-order valence-electron chi connectivity index (χ3n) is 5.23. The second-order valence-electron chi connectivity index (χ2n) is 7.62. The molecule has 1 amide bonds. The highest BCUT2D eigenvalue weighted by molar-refractivity contribution is 8.14. The third kappa shape index (κ3) is 4.66. The number of thioether (sulfide) groups is 1. The zero-order valence-electron chi connectivity index (χ0n) is 18.6. The largest absolute Gasteiger partial charge is 0.539 e. The van der Waals surface area contributed by atoms with Crippen molar-refractivity contribution in [1.82, 2.24) is 5.27 Å². The van der Waals surface area contributed by atoms with Crippen LogP contribution < -0.4 is 14.7 Å². The van der Waals surface area contributed by atoms with Crippen LogP contribution in [0.2, 0.25) is 0 Å². The number of carbonyl (C=O) groups excluding carboxylic acids is 2. The molecule has 1 aliphatic rings. The average molecular weight is 501 g/mol. The fourth-order valence-corrected chi connectivity index (χ4v) is 4.42. The van der Waals surface area contributed by atoms with Gasteiger partial charge in [-0.05, 0) is 40.6 Å². The van der Waals surface area contributed by atoms with Crippen molar-refractivity contribution in [2.75, 3.05) is 10.7 Å². The Morgan fingerprint density at radius 1 is 1.03 bits per heavy atom. The number of carbonyl (C=O) groups is 2. The quantitative estimate of drug-likeness (QED) is 0.228. The van der Waals surface area contributed by atoms with E-state index in [1.807, 2.05) is 6.07 Å². The monoisotopic (exact) mass is 500 g/mol. The molecule has 0 N–H and O–H groups in total. The molecule has 178 valence electrons. The van der Waals surface area contributed by atoms with Crippen LogP contribution in [-0.2, 0) is 4.79 Å². The lowest BCUT2D eigenvalue weighted by Crippen LogP contribution is -2.39. The number of para-hydroxylation sites is 2. The van der Waals surface area contributed by atoms with E-state index < -0.39 is 23.5 Å². The Balaban J connectivity index is 1.44. The van der Waals surface area contributed by atoms with E-state index in [1.54, 1.807) is 60.7 Å². The van der Waals surface area contributed by atoms with Gasteiger partial charge < -0.3 is 9.63 Å². The summed E-state index contributed by atoms with van der Waals surface area (Å²) in [4.78, 5) is 32.1. The van der Waals surface area contributed by atoms with Crippen LogP contribution in [0.1, 0.15) is 16.1 Å². The zero-order chi connectivity index (χ0) is 25.1. The molecule has 0 aliphatic carbocycles. The molecule has 0 fully saturated rings. The molecule has 0 saturated heterocycles. The van der Waals surface area contributed by atoms with Crippen LogP contribution in [0.5, 0.6) is 5.95 Å². The van der Waals surface area contributed by atoms with Gasteiger partial charge in [0.25, 0.3) is 5.91 Å². The number of aromatic nitrogens is 2. The number of amides is 1. The van der Waals surface area contributed by atoms with E-state index in [0.717, 1.165) is 16.4 Å². The van der Waals surface area contributed by atoms with E-state index in [9.17, 15) is 19.1 Å². The molecule has 5 rings (SSSR count). The van der Waals surface area contributed by atoms with Gasteiger partial charge in [-0.1, -0.05) is 60.3 Å². The molecular formula is C26H17FN4O4S. The molecule has 4 aromatic rings. The summed E-state index contributed by atoms with van der Waals surface area (Å²) in [6.45, 7) is 0. The molecule has 0 spiro atoms. The van der Waals surface area contributed by atoms with Crippen molar-refractivity contribution in [2.24, 2.45) is 4.99 Å². The summed E-state index contributed by atoms with van der Waals surface area (Å²) < 4.78 is 19.2. The second-order valence-corrected chi connectivity index (χ2v) is 8.56. The first-order chi connectivity index (χ1) is 17.5. The maximum atomic E-state index is 13.3. The number of hydrogen-bond acceptors (Lipinski definition) is 7. The number of anilines is 1. The van der Waals surface area contributed by atoms with Gasteiger partial charge >= 0.3 is 5.69 Å².